The van der Waals surface area contributed by atoms with Crippen LogP contribution in [0.2, 0.25) is 0 Å². The Morgan fingerprint density at radius 2 is 1.25 bits per heavy atom. The van der Waals surface area contributed by atoms with Crippen LogP contribution in [0, 0.1) is 0 Å². The fourth-order valence-electron chi connectivity index (χ4n) is 8.45. The monoisotopic (exact) mass is 705 g/mol. The first-order valence-corrected chi connectivity index (χ1v) is 18.9. The van der Waals surface area contributed by atoms with Crippen molar-refractivity contribution in [3.8, 4) is 17.1 Å². The lowest BCUT2D eigenvalue weighted by Gasteiger charge is -2.27. The molecular weight excluding hydrogens is 671 g/mol. The predicted molar refractivity (Wildman–Crippen MR) is 228 cm³/mol. The molecule has 2 aromatic heterocycles. The second kappa shape index (κ2) is 12.8. The number of fused-ring (bicyclic) bond motifs is 7. The maximum atomic E-state index is 6.32. The van der Waals surface area contributed by atoms with Crippen molar-refractivity contribution in [1.82, 2.24) is 9.55 Å². The lowest BCUT2D eigenvalue weighted by molar-refractivity contribution is 0.620. The SMILES string of the molecule is C1=CC(c2ccc(N(c3ccc(-c4nc5c(ccc6ccccc65)o4)cc3)c3ccc4c(c3)c3ccccc3n4-c3ccccc3)cc2)Cc2ccccc21. The number of hydrogen-bond donors (Lipinski definition) is 0. The summed E-state index contributed by atoms with van der Waals surface area (Å²) < 4.78 is 8.68. The molecule has 11 rings (SSSR count). The maximum Gasteiger partial charge on any atom is 0.227 e. The zero-order valence-electron chi connectivity index (χ0n) is 30.0. The van der Waals surface area contributed by atoms with Gasteiger partial charge in [0.05, 0.1) is 11.0 Å². The number of benzene rings is 8. The smallest absolute Gasteiger partial charge is 0.227 e. The van der Waals surface area contributed by atoms with Crippen LogP contribution in [-0.4, -0.2) is 9.55 Å². The molecule has 0 saturated carbocycles. The van der Waals surface area contributed by atoms with Crippen LogP contribution in [0.25, 0.3) is 66.9 Å². The number of oxazole rings is 1. The summed E-state index contributed by atoms with van der Waals surface area (Å²) >= 11 is 0. The number of aromatic nitrogens is 2. The lowest BCUT2D eigenvalue weighted by atomic mass is 9.85. The van der Waals surface area contributed by atoms with Gasteiger partial charge in [-0.2, -0.15) is 0 Å². The highest BCUT2D eigenvalue weighted by Gasteiger charge is 2.20. The molecule has 0 fully saturated rings. The zero-order valence-corrected chi connectivity index (χ0v) is 30.0. The average Bonchev–Trinajstić information content (AvgIpc) is 3.84. The maximum absolute atomic E-state index is 6.32. The van der Waals surface area contributed by atoms with Crippen LogP contribution in [-0.2, 0) is 6.42 Å². The van der Waals surface area contributed by atoms with Gasteiger partial charge in [0, 0.05) is 50.4 Å². The standard InChI is InChI=1S/C51H35N3O/c1-2-13-40(14-3-1)54-47-17-9-8-16-45(47)46-33-43(29-30-48(46)54)53(41-25-20-35(21-26-41)39-19-18-34-10-4-5-12-38(34)32-39)42-27-22-37(23-28-42)51-52-50-44-15-7-6-11-36(44)24-31-49(50)55-51/h1-31,33,39H,32H2. The van der Waals surface area contributed by atoms with E-state index in [0.717, 1.165) is 56.6 Å². The normalized spacial score (nSPS) is 13.9. The average molecular weight is 706 g/mol. The molecule has 4 nitrogen and oxygen atoms in total. The van der Waals surface area contributed by atoms with Crippen LogP contribution >= 0.6 is 0 Å². The minimum absolute atomic E-state index is 0.338. The number of nitrogens with zero attached hydrogens (tertiary/aromatic N) is 3. The van der Waals surface area contributed by atoms with Gasteiger partial charge in [-0.05, 0) is 107 Å². The molecule has 0 bridgehead atoms. The second-order valence-electron chi connectivity index (χ2n) is 14.4. The fourth-order valence-corrected chi connectivity index (χ4v) is 8.45. The molecule has 1 unspecified atom stereocenters. The van der Waals surface area contributed by atoms with Crippen molar-refractivity contribution in [3.63, 3.8) is 0 Å². The van der Waals surface area contributed by atoms with Gasteiger partial charge in [-0.25, -0.2) is 4.98 Å². The van der Waals surface area contributed by atoms with Crippen LogP contribution < -0.4 is 4.90 Å². The summed E-state index contributed by atoms with van der Waals surface area (Å²) in [4.78, 5) is 7.33. The van der Waals surface area contributed by atoms with E-state index in [0.29, 0.717) is 11.8 Å². The summed E-state index contributed by atoms with van der Waals surface area (Å²) in [5, 5.41) is 4.68. The van der Waals surface area contributed by atoms with Gasteiger partial charge in [0.2, 0.25) is 5.89 Å². The van der Waals surface area contributed by atoms with Gasteiger partial charge in [0.1, 0.15) is 5.52 Å². The molecule has 1 atom stereocenters. The molecule has 1 aliphatic carbocycles. The molecule has 4 heteroatoms. The van der Waals surface area contributed by atoms with Gasteiger partial charge in [0.25, 0.3) is 0 Å². The van der Waals surface area contributed by atoms with E-state index in [1.807, 2.05) is 12.1 Å². The minimum Gasteiger partial charge on any atom is -0.436 e. The van der Waals surface area contributed by atoms with Crippen molar-refractivity contribution < 1.29 is 4.42 Å². The molecule has 0 radical (unpaired) electrons. The van der Waals surface area contributed by atoms with Crippen molar-refractivity contribution in [3.05, 3.63) is 205 Å². The van der Waals surface area contributed by atoms with Gasteiger partial charge in [-0.3, -0.25) is 0 Å². The van der Waals surface area contributed by atoms with Crippen LogP contribution in [0.5, 0.6) is 0 Å². The minimum atomic E-state index is 0.338. The van der Waals surface area contributed by atoms with Gasteiger partial charge in [-0.1, -0.05) is 115 Å². The molecule has 0 aliphatic heterocycles. The van der Waals surface area contributed by atoms with E-state index in [2.05, 4.69) is 191 Å². The Hall–Kier alpha value is -7.17. The van der Waals surface area contributed by atoms with E-state index in [1.54, 1.807) is 0 Å². The summed E-state index contributed by atoms with van der Waals surface area (Å²) in [6, 6.07) is 65.0. The molecular formula is C51H35N3O. The molecule has 55 heavy (non-hydrogen) atoms. The third kappa shape index (κ3) is 5.33. The molecule has 1 aliphatic rings. The van der Waals surface area contributed by atoms with E-state index >= 15 is 0 Å². The molecule has 260 valence electrons. The molecule has 0 amide bonds. The van der Waals surface area contributed by atoms with Crippen molar-refractivity contribution in [2.75, 3.05) is 4.90 Å². The quantitative estimate of drug-likeness (QED) is 0.173. The molecule has 10 aromatic rings. The Labute approximate surface area is 318 Å². The number of allylic oxidation sites excluding steroid dienone is 1. The highest BCUT2D eigenvalue weighted by molar-refractivity contribution is 6.10. The number of rotatable bonds is 6. The summed E-state index contributed by atoms with van der Waals surface area (Å²) in [7, 11) is 0. The Bertz CT molecular complexity index is 3060. The van der Waals surface area contributed by atoms with Gasteiger partial charge in [-0.15, -0.1) is 0 Å². The number of para-hydroxylation sites is 2. The number of hydrogen-bond acceptors (Lipinski definition) is 3. The summed E-state index contributed by atoms with van der Waals surface area (Å²) in [6.07, 6.45) is 5.62. The van der Waals surface area contributed by atoms with E-state index < -0.39 is 0 Å². The topological polar surface area (TPSA) is 34.2 Å². The summed E-state index contributed by atoms with van der Waals surface area (Å²) in [5.41, 5.74) is 13.4. The molecule has 8 aromatic carbocycles. The van der Waals surface area contributed by atoms with Gasteiger partial charge < -0.3 is 13.9 Å². The molecule has 2 heterocycles. The van der Waals surface area contributed by atoms with Crippen molar-refractivity contribution in [2.24, 2.45) is 0 Å². The van der Waals surface area contributed by atoms with Crippen molar-refractivity contribution >= 4 is 66.8 Å². The van der Waals surface area contributed by atoms with E-state index in [4.69, 9.17) is 9.40 Å². The Kier molecular flexibility index (Phi) is 7.27. The Morgan fingerprint density at radius 1 is 0.564 bits per heavy atom. The second-order valence-corrected chi connectivity index (χ2v) is 14.4. The van der Waals surface area contributed by atoms with Crippen LogP contribution in [0.15, 0.2) is 192 Å². The van der Waals surface area contributed by atoms with E-state index in [-0.39, 0.29) is 0 Å². The lowest BCUT2D eigenvalue weighted by Crippen LogP contribution is -2.11. The Morgan fingerprint density at radius 3 is 2.11 bits per heavy atom. The molecule has 0 N–H and O–H groups in total. The van der Waals surface area contributed by atoms with Crippen molar-refractivity contribution in [1.29, 1.82) is 0 Å². The molecule has 0 saturated heterocycles. The highest BCUT2D eigenvalue weighted by atomic mass is 16.3. The number of anilines is 3. The predicted octanol–water partition coefficient (Wildman–Crippen LogP) is 13.6. The van der Waals surface area contributed by atoms with Crippen LogP contribution in [0.3, 0.4) is 0 Å². The van der Waals surface area contributed by atoms with Crippen LogP contribution in [0.1, 0.15) is 22.6 Å². The first kappa shape index (κ1) is 31.4. The zero-order chi connectivity index (χ0) is 36.3. The summed E-state index contributed by atoms with van der Waals surface area (Å²) in [5.74, 6) is 0.955. The Balaban J connectivity index is 1.02. The largest absolute Gasteiger partial charge is 0.436 e. The van der Waals surface area contributed by atoms with Crippen molar-refractivity contribution in [2.45, 2.75) is 12.3 Å². The third-order valence-corrected chi connectivity index (χ3v) is 11.2. The highest BCUT2D eigenvalue weighted by Crippen LogP contribution is 2.41. The van der Waals surface area contributed by atoms with E-state index in [1.165, 1.54) is 38.5 Å². The van der Waals surface area contributed by atoms with Gasteiger partial charge >= 0.3 is 0 Å². The first-order valence-electron chi connectivity index (χ1n) is 18.9. The summed E-state index contributed by atoms with van der Waals surface area (Å²) in [6.45, 7) is 0. The fraction of sp³-hybridized carbons (Fsp3) is 0.0392. The van der Waals surface area contributed by atoms with E-state index in [9.17, 15) is 0 Å². The van der Waals surface area contributed by atoms with Crippen LogP contribution in [0.4, 0.5) is 17.1 Å². The third-order valence-electron chi connectivity index (χ3n) is 11.2. The molecule has 0 spiro atoms. The van der Waals surface area contributed by atoms with Gasteiger partial charge in [0.15, 0.2) is 5.58 Å². The first-order chi connectivity index (χ1) is 27.2.